The second kappa shape index (κ2) is 7.14. The lowest BCUT2D eigenvalue weighted by molar-refractivity contribution is -0.129. The smallest absolute Gasteiger partial charge is 0.161 e. The molecule has 0 amide bonds. The standard InChI is InChI=1S/C20H29NO3/c1-5-13(2)8-15-12-21-7-6-14-9-19(23-3)20(24-4)10-16(14)17(21)11-18(15)22/h9-10,13,15,17H,5-8,11-12H2,1-4H3/i2D3,3D3,4D3,5D2,6D2,7D2,8D2,9D,10D,11D2,13D,15D. The van der Waals surface area contributed by atoms with Gasteiger partial charge in [-0.05, 0) is 41.9 Å². The molecule has 3 rings (SSSR count). The van der Waals surface area contributed by atoms with Crippen LogP contribution in [0.5, 0.6) is 11.5 Å². The van der Waals surface area contributed by atoms with Crippen molar-refractivity contribution in [2.75, 3.05) is 27.1 Å². The monoisotopic (exact) mass is 354 g/mol. The Morgan fingerprint density at radius 2 is 2.33 bits per heavy atom. The molecule has 0 radical (unpaired) electrons. The van der Waals surface area contributed by atoms with Crippen molar-refractivity contribution in [3.05, 3.63) is 23.2 Å². The summed E-state index contributed by atoms with van der Waals surface area (Å²) in [5.74, 6) is -12.8. The summed E-state index contributed by atoms with van der Waals surface area (Å²) in [7, 11) is -7.00. The largest absolute Gasteiger partial charge is 0.493 e. The zero-order chi connectivity index (χ0) is 37.3. The van der Waals surface area contributed by atoms with E-state index in [-0.39, 0.29) is 4.90 Å². The van der Waals surface area contributed by atoms with Gasteiger partial charge in [0.2, 0.25) is 0 Å². The highest BCUT2D eigenvalue weighted by Gasteiger charge is 2.38. The highest BCUT2D eigenvalue weighted by Crippen LogP contribution is 2.42. The normalized spacial score (nSPS) is 52.5. The van der Waals surface area contributed by atoms with Gasteiger partial charge < -0.3 is 9.47 Å². The Morgan fingerprint density at radius 1 is 1.54 bits per heavy atom. The minimum atomic E-state index is -4.20. The van der Waals surface area contributed by atoms with Crippen LogP contribution >= 0.6 is 0 Å². The average Bonchev–Trinajstić information content (AvgIpc) is 2.82. The molecule has 0 aromatic heterocycles. The van der Waals surface area contributed by atoms with E-state index in [2.05, 4.69) is 4.74 Å². The van der Waals surface area contributed by atoms with Gasteiger partial charge in [0.1, 0.15) is 5.78 Å². The number of nitrogens with zero attached hydrogens (tertiary/aromatic N) is 1. The number of Topliss-reactive ketones (excluding diaryl/α,β-unsaturated/α-hetero) is 1. The third-order valence-corrected chi connectivity index (χ3v) is 3.47. The summed E-state index contributed by atoms with van der Waals surface area (Å²) >= 11 is 0. The fourth-order valence-corrected chi connectivity index (χ4v) is 2.32. The van der Waals surface area contributed by atoms with E-state index in [0.29, 0.717) is 6.92 Å². The van der Waals surface area contributed by atoms with Crippen molar-refractivity contribution in [2.45, 2.75) is 45.3 Å². The van der Waals surface area contributed by atoms with Crippen LogP contribution in [0.2, 0.25) is 0 Å². The fourth-order valence-electron chi connectivity index (χ4n) is 2.32. The Morgan fingerprint density at radius 3 is 3.04 bits per heavy atom. The number of ether oxygens (including phenoxy) is 2. The lowest BCUT2D eigenvalue weighted by Crippen LogP contribution is -2.46. The highest BCUT2D eigenvalue weighted by molar-refractivity contribution is 5.83. The Hall–Kier alpha value is -1.55. The molecule has 0 saturated carbocycles. The van der Waals surface area contributed by atoms with Crippen molar-refractivity contribution in [3.8, 4) is 11.5 Å². The SMILES string of the molecule is [2H]c1c(OC([2H])([2H])[2H])c(OC([2H])([2H])[2H])c([2H])c2c1C1N(CC([2H])(C([2H])([2H])C([2H])(C([2H])([2H])[2H])C([2H])([2H])C)C(=O)C1([2H])[2H])C([2H])([2H])C2([2H])[2H]. The number of piperidine rings is 1. The molecule has 0 spiro atoms. The highest BCUT2D eigenvalue weighted by atomic mass is 16.5. The molecular weight excluding hydrogens is 302 g/mol. The predicted octanol–water partition coefficient (Wildman–Crippen LogP) is 3.63. The molecule has 0 aliphatic carbocycles. The van der Waals surface area contributed by atoms with E-state index in [0.717, 1.165) is 0 Å². The van der Waals surface area contributed by atoms with Gasteiger partial charge in [-0.1, -0.05) is 20.1 Å². The predicted molar refractivity (Wildman–Crippen MR) is 94.8 cm³/mol. The Kier molecular flexibility index (Phi) is 1.36. The van der Waals surface area contributed by atoms with Crippen LogP contribution in [0.1, 0.15) is 81.6 Å². The number of benzene rings is 1. The second-order valence-electron chi connectivity index (χ2n) is 4.87. The Bertz CT molecular complexity index is 1440. The summed E-state index contributed by atoms with van der Waals surface area (Å²) in [6.45, 7) is -8.94. The summed E-state index contributed by atoms with van der Waals surface area (Å²) in [4.78, 5) is 14.0. The first kappa shape index (κ1) is 4.59. The lowest BCUT2D eigenvalue weighted by atomic mass is 9.79. The summed E-state index contributed by atoms with van der Waals surface area (Å²) in [5.41, 5.74) is -2.41. The van der Waals surface area contributed by atoms with Gasteiger partial charge in [0.15, 0.2) is 11.5 Å². The molecule has 4 heteroatoms. The molecule has 1 aromatic rings. The fraction of sp³-hybridized carbons (Fsp3) is 0.650. The third kappa shape index (κ3) is 3.16. The number of methoxy groups -OCH3 is 2. The first-order valence-electron chi connectivity index (χ1n) is 18.2. The van der Waals surface area contributed by atoms with E-state index in [1.54, 1.807) is 0 Å². The number of ketones is 1. The molecule has 1 fully saturated rings. The number of rotatable bonds is 5. The molecule has 132 valence electrons. The molecule has 3 atom stereocenters. The first-order valence-corrected chi connectivity index (χ1v) is 6.75. The van der Waals surface area contributed by atoms with Gasteiger partial charge in [-0.3, -0.25) is 9.69 Å². The van der Waals surface area contributed by atoms with Gasteiger partial charge in [-0.15, -0.1) is 0 Å². The van der Waals surface area contributed by atoms with Crippen LogP contribution in [0, 0.1) is 11.8 Å². The van der Waals surface area contributed by atoms with Gasteiger partial charge in [0, 0.05) is 51.9 Å². The molecule has 24 heavy (non-hydrogen) atoms. The third-order valence-electron chi connectivity index (χ3n) is 3.47. The van der Waals surface area contributed by atoms with Crippen LogP contribution in [-0.2, 0) is 11.2 Å². The maximum atomic E-state index is 14.0. The molecule has 1 aromatic carbocycles. The molecule has 2 aliphatic rings. The zero-order valence-corrected chi connectivity index (χ0v) is 12.5. The molecule has 2 heterocycles. The van der Waals surface area contributed by atoms with Crippen LogP contribution in [0.3, 0.4) is 0 Å². The van der Waals surface area contributed by atoms with Gasteiger partial charge in [-0.25, -0.2) is 0 Å². The molecule has 0 bridgehead atoms. The van der Waals surface area contributed by atoms with Crippen molar-refractivity contribution in [1.82, 2.24) is 4.90 Å². The van der Waals surface area contributed by atoms with Gasteiger partial charge in [-0.2, -0.15) is 0 Å². The van der Waals surface area contributed by atoms with Crippen LogP contribution < -0.4 is 9.47 Å². The second-order valence-corrected chi connectivity index (χ2v) is 4.87. The summed E-state index contributed by atoms with van der Waals surface area (Å²) in [5, 5.41) is 0. The maximum absolute atomic E-state index is 14.0. The van der Waals surface area contributed by atoms with E-state index in [1.165, 1.54) is 0 Å². The molecule has 1 saturated heterocycles. The Balaban J connectivity index is 2.53. The van der Waals surface area contributed by atoms with Gasteiger partial charge in [0.25, 0.3) is 0 Å². The van der Waals surface area contributed by atoms with E-state index in [4.69, 9.17) is 36.3 Å². The van der Waals surface area contributed by atoms with Crippen LogP contribution in [0.25, 0.3) is 0 Å². The average molecular weight is 355 g/mol. The number of hydrogen-bond acceptors (Lipinski definition) is 4. The number of fused-ring (bicyclic) bond motifs is 3. The van der Waals surface area contributed by atoms with Crippen molar-refractivity contribution in [1.29, 1.82) is 0 Å². The molecule has 0 N–H and O–H groups in total. The van der Waals surface area contributed by atoms with Crippen LogP contribution in [0.15, 0.2) is 12.1 Å². The summed E-state index contributed by atoms with van der Waals surface area (Å²) in [6, 6.07) is -5.39. The van der Waals surface area contributed by atoms with Crippen molar-refractivity contribution in [3.63, 3.8) is 0 Å². The summed E-state index contributed by atoms with van der Waals surface area (Å²) < 4.78 is 198. The van der Waals surface area contributed by atoms with E-state index in [9.17, 15) is 4.79 Å². The molecule has 4 nitrogen and oxygen atoms in total. The number of carbonyl (C=O) groups is 1. The number of hydrogen-bond donors (Lipinski definition) is 0. The molecular formula is C20H29NO3. The number of carbonyl (C=O) groups excluding carboxylic acids is 1. The topological polar surface area (TPSA) is 38.8 Å². The molecule has 3 unspecified atom stereocenters. The van der Waals surface area contributed by atoms with E-state index >= 15 is 0 Å². The minimum Gasteiger partial charge on any atom is -0.493 e. The summed E-state index contributed by atoms with van der Waals surface area (Å²) in [6.07, 6.45) is -15.1. The molecule has 2 aliphatic heterocycles. The quantitative estimate of drug-likeness (QED) is 0.809. The Labute approximate surface area is 177 Å². The maximum Gasteiger partial charge on any atom is 0.161 e. The van der Waals surface area contributed by atoms with Crippen LogP contribution in [-0.4, -0.2) is 37.8 Å². The van der Waals surface area contributed by atoms with Crippen molar-refractivity contribution in [2.24, 2.45) is 11.8 Å². The van der Waals surface area contributed by atoms with E-state index < -0.39 is 118 Å². The first-order chi connectivity index (χ1) is 20.4. The van der Waals surface area contributed by atoms with Crippen molar-refractivity contribution >= 4 is 5.78 Å². The minimum absolute atomic E-state index is 0.0492. The van der Waals surface area contributed by atoms with Gasteiger partial charge in [0.05, 0.1) is 25.0 Å². The van der Waals surface area contributed by atoms with E-state index in [1.807, 2.05) is 0 Å². The van der Waals surface area contributed by atoms with Crippen molar-refractivity contribution < 1.29 is 45.8 Å². The van der Waals surface area contributed by atoms with Crippen LogP contribution in [0.4, 0.5) is 0 Å². The van der Waals surface area contributed by atoms with Gasteiger partial charge >= 0.3 is 0 Å². The lowest BCUT2D eigenvalue weighted by Gasteiger charge is -2.43. The zero-order valence-electron chi connectivity index (χ0n) is 35.5.